The molecule has 1 saturated heterocycles. The van der Waals surface area contributed by atoms with Crippen LogP contribution in [0.15, 0.2) is 23.8 Å². The number of hydrogen-bond donors (Lipinski definition) is 0. The summed E-state index contributed by atoms with van der Waals surface area (Å²) >= 11 is 0. The molecule has 0 aromatic heterocycles. The van der Waals surface area contributed by atoms with Gasteiger partial charge in [0.1, 0.15) is 6.10 Å². The first-order valence-corrected chi connectivity index (χ1v) is 4.79. The second kappa shape index (κ2) is 2.88. The Morgan fingerprint density at radius 3 is 2.58 bits per heavy atom. The molecule has 0 aromatic rings. The minimum Gasteiger partial charge on any atom is -0.368 e. The van der Waals surface area contributed by atoms with Gasteiger partial charge in [0.25, 0.3) is 0 Å². The van der Waals surface area contributed by atoms with E-state index in [0.717, 1.165) is 12.2 Å². The summed E-state index contributed by atoms with van der Waals surface area (Å²) in [6.07, 6.45) is 6.08. The Kier molecular flexibility index (Phi) is 1.86. The van der Waals surface area contributed by atoms with Gasteiger partial charge in [-0.05, 0) is 11.6 Å². The van der Waals surface area contributed by atoms with Crippen molar-refractivity contribution in [2.45, 2.75) is 12.5 Å². The van der Waals surface area contributed by atoms with E-state index in [2.05, 4.69) is 0 Å². The minimum absolute atomic E-state index is 0.225. The van der Waals surface area contributed by atoms with Gasteiger partial charge in [0.05, 0.1) is 11.5 Å². The summed E-state index contributed by atoms with van der Waals surface area (Å²) in [5.41, 5.74) is 1.10. The lowest BCUT2D eigenvalue weighted by molar-refractivity contribution is 0.434. The average Bonchev–Trinajstić information content (AvgIpc) is 2.87. The van der Waals surface area contributed by atoms with Crippen LogP contribution in [0.1, 0.15) is 6.42 Å². The fraction of sp³-hybridized carbons (Fsp3) is 0.375. The van der Waals surface area contributed by atoms with E-state index in [0.29, 0.717) is 11.3 Å². The quantitative estimate of drug-likeness (QED) is 0.435. The lowest BCUT2D eigenvalue weighted by Crippen LogP contribution is -2.01. The number of ether oxygens (including phenoxy) is 1. The molecule has 2 aliphatic rings. The standard InChI is InChI=1S/C8H8O3S/c9-12(10)7-3-1-6(2-4-7)8-5-11-8/h1-3,8H,4-5H2. The molecule has 1 fully saturated rings. The van der Waals surface area contributed by atoms with E-state index in [1.165, 1.54) is 0 Å². The van der Waals surface area contributed by atoms with E-state index in [1.807, 2.05) is 12.2 Å². The van der Waals surface area contributed by atoms with Crippen LogP contribution in [-0.2, 0) is 15.0 Å². The SMILES string of the molecule is O=S(=O)=C1C=CC(C2CO2)=CC1. The maximum Gasteiger partial charge on any atom is 0.217 e. The van der Waals surface area contributed by atoms with E-state index in [9.17, 15) is 8.42 Å². The maximum absolute atomic E-state index is 10.5. The molecule has 1 atom stereocenters. The predicted molar refractivity (Wildman–Crippen MR) is 45.5 cm³/mol. The Bertz CT molecular complexity index is 372. The van der Waals surface area contributed by atoms with Crippen molar-refractivity contribution in [1.29, 1.82) is 0 Å². The summed E-state index contributed by atoms with van der Waals surface area (Å²) < 4.78 is 26.1. The Hall–Kier alpha value is -0.870. The van der Waals surface area contributed by atoms with Crippen molar-refractivity contribution in [3.8, 4) is 0 Å². The van der Waals surface area contributed by atoms with Crippen LogP contribution >= 0.6 is 0 Å². The summed E-state index contributed by atoms with van der Waals surface area (Å²) in [6, 6.07) is 0. The molecule has 0 saturated carbocycles. The third kappa shape index (κ3) is 1.49. The zero-order valence-electron chi connectivity index (χ0n) is 6.36. The van der Waals surface area contributed by atoms with E-state index >= 15 is 0 Å². The average molecular weight is 184 g/mol. The van der Waals surface area contributed by atoms with Gasteiger partial charge in [-0.1, -0.05) is 12.2 Å². The van der Waals surface area contributed by atoms with Crippen molar-refractivity contribution in [1.82, 2.24) is 0 Å². The number of allylic oxidation sites excluding steroid dienone is 2. The molecule has 1 aliphatic heterocycles. The van der Waals surface area contributed by atoms with E-state index in [4.69, 9.17) is 4.74 Å². The molecular weight excluding hydrogens is 176 g/mol. The fourth-order valence-electron chi connectivity index (χ4n) is 1.15. The van der Waals surface area contributed by atoms with Crippen LogP contribution in [0.3, 0.4) is 0 Å². The lowest BCUT2D eigenvalue weighted by Gasteiger charge is -2.02. The normalized spacial score (nSPS) is 26.8. The van der Waals surface area contributed by atoms with Gasteiger partial charge >= 0.3 is 0 Å². The summed E-state index contributed by atoms with van der Waals surface area (Å²) in [6.45, 7) is 0.770. The smallest absolute Gasteiger partial charge is 0.217 e. The zero-order valence-corrected chi connectivity index (χ0v) is 7.17. The molecule has 0 radical (unpaired) electrons. The second-order valence-corrected chi connectivity index (χ2v) is 3.76. The number of hydrogen-bond acceptors (Lipinski definition) is 3. The lowest BCUT2D eigenvalue weighted by atomic mass is 10.1. The minimum atomic E-state index is -2.07. The molecule has 0 bridgehead atoms. The first-order valence-electron chi connectivity index (χ1n) is 3.72. The van der Waals surface area contributed by atoms with Crippen molar-refractivity contribution in [2.24, 2.45) is 0 Å². The molecular formula is C8H8O3S. The van der Waals surface area contributed by atoms with Crippen molar-refractivity contribution in [3.05, 3.63) is 23.8 Å². The Balaban J connectivity index is 2.21. The molecule has 1 aliphatic carbocycles. The Morgan fingerprint density at radius 2 is 2.17 bits per heavy atom. The molecule has 64 valence electrons. The molecule has 0 spiro atoms. The molecule has 0 amide bonds. The van der Waals surface area contributed by atoms with Crippen LogP contribution in [0, 0.1) is 0 Å². The van der Waals surface area contributed by atoms with Gasteiger partial charge in [0.15, 0.2) is 0 Å². The largest absolute Gasteiger partial charge is 0.368 e. The summed E-state index contributed by atoms with van der Waals surface area (Å²) in [5, 5.41) is 0. The topological polar surface area (TPSA) is 46.7 Å². The third-order valence-electron chi connectivity index (χ3n) is 1.92. The third-order valence-corrected chi connectivity index (χ3v) is 2.65. The number of rotatable bonds is 1. The van der Waals surface area contributed by atoms with E-state index in [1.54, 1.807) is 6.08 Å². The van der Waals surface area contributed by atoms with Crippen LogP contribution < -0.4 is 0 Å². The van der Waals surface area contributed by atoms with E-state index in [-0.39, 0.29) is 6.10 Å². The Morgan fingerprint density at radius 1 is 1.42 bits per heavy atom. The molecule has 0 N–H and O–H groups in total. The summed E-state index contributed by atoms with van der Waals surface area (Å²) in [4.78, 5) is 0.444. The van der Waals surface area contributed by atoms with Gasteiger partial charge in [0.2, 0.25) is 10.3 Å². The van der Waals surface area contributed by atoms with Crippen LogP contribution in [0.5, 0.6) is 0 Å². The van der Waals surface area contributed by atoms with Gasteiger partial charge in [-0.2, -0.15) is 8.42 Å². The highest BCUT2D eigenvalue weighted by atomic mass is 32.2. The first-order chi connectivity index (χ1) is 5.77. The Labute approximate surface area is 71.9 Å². The van der Waals surface area contributed by atoms with Crippen molar-refractivity contribution >= 4 is 15.2 Å². The molecule has 0 aromatic carbocycles. The van der Waals surface area contributed by atoms with Gasteiger partial charge in [0, 0.05) is 6.42 Å². The van der Waals surface area contributed by atoms with Crippen LogP contribution in [0.2, 0.25) is 0 Å². The monoisotopic (exact) mass is 184 g/mol. The highest BCUT2D eigenvalue weighted by Crippen LogP contribution is 2.23. The van der Waals surface area contributed by atoms with Gasteiger partial charge in [-0.3, -0.25) is 0 Å². The molecule has 2 rings (SSSR count). The molecule has 3 nitrogen and oxygen atoms in total. The van der Waals surface area contributed by atoms with Gasteiger partial charge < -0.3 is 4.74 Å². The second-order valence-electron chi connectivity index (χ2n) is 2.76. The molecule has 4 heteroatoms. The predicted octanol–water partition coefficient (Wildman–Crippen LogP) is 0.323. The van der Waals surface area contributed by atoms with Gasteiger partial charge in [-0.15, -0.1) is 0 Å². The van der Waals surface area contributed by atoms with Crippen molar-refractivity contribution < 1.29 is 13.2 Å². The summed E-state index contributed by atoms with van der Waals surface area (Å²) in [5.74, 6) is 0. The van der Waals surface area contributed by atoms with Crippen LogP contribution in [0.4, 0.5) is 0 Å². The zero-order chi connectivity index (χ0) is 8.55. The summed E-state index contributed by atoms with van der Waals surface area (Å²) in [7, 11) is -2.07. The van der Waals surface area contributed by atoms with Crippen LogP contribution in [-0.4, -0.2) is 26.0 Å². The van der Waals surface area contributed by atoms with Crippen molar-refractivity contribution in [2.75, 3.05) is 6.61 Å². The van der Waals surface area contributed by atoms with Crippen LogP contribution in [0.25, 0.3) is 0 Å². The molecule has 1 heterocycles. The number of epoxide rings is 1. The highest BCUT2D eigenvalue weighted by Gasteiger charge is 2.26. The highest BCUT2D eigenvalue weighted by molar-refractivity contribution is 7.73. The van der Waals surface area contributed by atoms with E-state index < -0.39 is 10.3 Å². The molecule has 12 heavy (non-hydrogen) atoms. The fourth-order valence-corrected chi connectivity index (χ4v) is 1.55. The first kappa shape index (κ1) is 7.76. The maximum atomic E-state index is 10.5. The molecule has 1 unspecified atom stereocenters. The van der Waals surface area contributed by atoms with Gasteiger partial charge in [-0.25, -0.2) is 0 Å². The van der Waals surface area contributed by atoms with Crippen molar-refractivity contribution in [3.63, 3.8) is 0 Å².